The Kier molecular flexibility index (Phi) is 3.94. The Hall–Kier alpha value is -1.45. The largest absolute Gasteiger partial charge is 0.356 e. The van der Waals surface area contributed by atoms with Crippen LogP contribution in [0.25, 0.3) is 0 Å². The van der Waals surface area contributed by atoms with Gasteiger partial charge in [0.15, 0.2) is 0 Å². The number of nitrogens with zero attached hydrogens (tertiary/aromatic N) is 1. The highest BCUT2D eigenvalue weighted by atomic mass is 35.5. The molecule has 0 unspecified atom stereocenters. The van der Waals surface area contributed by atoms with Gasteiger partial charge in [0.2, 0.25) is 0 Å². The van der Waals surface area contributed by atoms with Crippen molar-refractivity contribution in [3.63, 3.8) is 0 Å². The molecule has 0 saturated carbocycles. The minimum atomic E-state index is -0.123. The molecule has 0 atom stereocenters. The van der Waals surface area contributed by atoms with Crippen molar-refractivity contribution in [3.8, 4) is 0 Å². The molecule has 18 heavy (non-hydrogen) atoms. The Morgan fingerprint density at radius 2 is 2.06 bits per heavy atom. The quantitative estimate of drug-likeness (QED) is 0.918. The zero-order valence-corrected chi connectivity index (χ0v) is 11.3. The van der Waals surface area contributed by atoms with Crippen molar-refractivity contribution >= 4 is 29.1 Å². The zero-order chi connectivity index (χ0) is 13.1. The minimum Gasteiger partial charge on any atom is -0.356 e. The van der Waals surface area contributed by atoms with Crippen LogP contribution in [0, 0.1) is 0 Å². The fourth-order valence-corrected chi connectivity index (χ4v) is 2.01. The number of halogens is 2. The molecule has 2 aromatic rings. The maximum atomic E-state index is 12.1. The molecule has 0 aliphatic heterocycles. The van der Waals surface area contributed by atoms with E-state index in [1.807, 2.05) is 18.2 Å². The molecule has 94 valence electrons. The number of H-pyrrole nitrogens is 1. The number of aromatic amines is 1. The van der Waals surface area contributed by atoms with Gasteiger partial charge >= 0.3 is 0 Å². The van der Waals surface area contributed by atoms with Crippen molar-refractivity contribution in [2.75, 3.05) is 7.05 Å². The topological polar surface area (TPSA) is 36.1 Å². The molecule has 0 aliphatic rings. The first-order chi connectivity index (χ1) is 8.58. The lowest BCUT2D eigenvalue weighted by Crippen LogP contribution is -2.26. The number of hydrogen-bond donors (Lipinski definition) is 1. The smallest absolute Gasteiger partial charge is 0.270 e. The van der Waals surface area contributed by atoms with E-state index in [9.17, 15) is 4.79 Å². The van der Waals surface area contributed by atoms with Gasteiger partial charge in [-0.15, -0.1) is 0 Å². The number of carbonyl (C=O) groups excluding carboxylic acids is 1. The Labute approximate surface area is 115 Å². The second-order valence-electron chi connectivity index (χ2n) is 3.98. The molecule has 1 aromatic carbocycles. The molecule has 0 radical (unpaired) electrons. The lowest BCUT2D eigenvalue weighted by atomic mass is 10.2. The number of aromatic nitrogens is 1. The first-order valence-corrected chi connectivity index (χ1v) is 6.16. The van der Waals surface area contributed by atoms with E-state index in [2.05, 4.69) is 4.98 Å². The molecule has 0 saturated heterocycles. The average Bonchev–Trinajstić information content (AvgIpc) is 2.78. The van der Waals surface area contributed by atoms with Gasteiger partial charge in [-0.25, -0.2) is 0 Å². The van der Waals surface area contributed by atoms with E-state index in [0.29, 0.717) is 22.3 Å². The van der Waals surface area contributed by atoms with Gasteiger partial charge in [-0.3, -0.25) is 4.79 Å². The van der Waals surface area contributed by atoms with Gasteiger partial charge in [-0.1, -0.05) is 41.4 Å². The van der Waals surface area contributed by atoms with Crippen LogP contribution in [-0.4, -0.2) is 22.8 Å². The lowest BCUT2D eigenvalue weighted by Gasteiger charge is -2.17. The molecule has 0 spiro atoms. The summed E-state index contributed by atoms with van der Waals surface area (Å²) in [5.41, 5.74) is 1.38. The van der Waals surface area contributed by atoms with E-state index >= 15 is 0 Å². The number of rotatable bonds is 3. The van der Waals surface area contributed by atoms with Gasteiger partial charge in [0.25, 0.3) is 5.91 Å². The van der Waals surface area contributed by atoms with Crippen LogP contribution in [0.15, 0.2) is 36.5 Å². The maximum Gasteiger partial charge on any atom is 0.270 e. The van der Waals surface area contributed by atoms with Crippen LogP contribution in [0.3, 0.4) is 0 Å². The molecule has 0 aliphatic carbocycles. The first-order valence-electron chi connectivity index (χ1n) is 5.40. The van der Waals surface area contributed by atoms with Gasteiger partial charge < -0.3 is 9.88 Å². The number of carbonyl (C=O) groups is 1. The standard InChI is InChI=1S/C13H12Cl2N2O/c1-17(8-9-4-2-3-5-11(9)15)13(18)12-6-10(14)7-16-12/h2-7,16H,8H2,1H3. The van der Waals surface area contributed by atoms with Gasteiger partial charge in [0, 0.05) is 24.8 Å². The van der Waals surface area contributed by atoms with Crippen LogP contribution in [0.1, 0.15) is 16.1 Å². The normalized spacial score (nSPS) is 10.4. The fraction of sp³-hybridized carbons (Fsp3) is 0.154. The van der Waals surface area contributed by atoms with Crippen molar-refractivity contribution < 1.29 is 4.79 Å². The Balaban J connectivity index is 2.11. The number of amides is 1. The van der Waals surface area contributed by atoms with Gasteiger partial charge in [0.05, 0.1) is 5.02 Å². The predicted molar refractivity (Wildman–Crippen MR) is 73.1 cm³/mol. The van der Waals surface area contributed by atoms with Gasteiger partial charge in [-0.05, 0) is 17.7 Å². The van der Waals surface area contributed by atoms with Crippen molar-refractivity contribution in [2.24, 2.45) is 0 Å². The maximum absolute atomic E-state index is 12.1. The minimum absolute atomic E-state index is 0.123. The van der Waals surface area contributed by atoms with Crippen LogP contribution < -0.4 is 0 Å². The Morgan fingerprint density at radius 1 is 1.33 bits per heavy atom. The van der Waals surface area contributed by atoms with E-state index < -0.39 is 0 Å². The van der Waals surface area contributed by atoms with Crippen LogP contribution in [0.2, 0.25) is 10.0 Å². The van der Waals surface area contributed by atoms with Crippen LogP contribution in [-0.2, 0) is 6.54 Å². The highest BCUT2D eigenvalue weighted by Crippen LogP contribution is 2.18. The molecule has 1 heterocycles. The Morgan fingerprint density at radius 3 is 2.67 bits per heavy atom. The summed E-state index contributed by atoms with van der Waals surface area (Å²) in [7, 11) is 1.72. The SMILES string of the molecule is CN(Cc1ccccc1Cl)C(=O)c1cc(Cl)c[nH]1. The third-order valence-electron chi connectivity index (χ3n) is 2.59. The van der Waals surface area contributed by atoms with Gasteiger partial charge in [-0.2, -0.15) is 0 Å². The molecule has 2 rings (SSSR count). The van der Waals surface area contributed by atoms with Crippen molar-refractivity contribution in [1.82, 2.24) is 9.88 Å². The van der Waals surface area contributed by atoms with E-state index in [4.69, 9.17) is 23.2 Å². The van der Waals surface area contributed by atoms with Crippen LogP contribution in [0.5, 0.6) is 0 Å². The molecule has 3 nitrogen and oxygen atoms in total. The number of hydrogen-bond acceptors (Lipinski definition) is 1. The van der Waals surface area contributed by atoms with Crippen LogP contribution in [0.4, 0.5) is 0 Å². The highest BCUT2D eigenvalue weighted by molar-refractivity contribution is 6.31. The van der Waals surface area contributed by atoms with Gasteiger partial charge in [0.1, 0.15) is 5.69 Å². The summed E-state index contributed by atoms with van der Waals surface area (Å²) in [6.07, 6.45) is 1.58. The number of nitrogens with one attached hydrogen (secondary N) is 1. The molecular weight excluding hydrogens is 271 g/mol. The van der Waals surface area contributed by atoms with Crippen LogP contribution >= 0.6 is 23.2 Å². The molecule has 1 N–H and O–H groups in total. The second-order valence-corrected chi connectivity index (χ2v) is 4.83. The highest BCUT2D eigenvalue weighted by Gasteiger charge is 2.14. The monoisotopic (exact) mass is 282 g/mol. The molecule has 1 aromatic heterocycles. The summed E-state index contributed by atoms with van der Waals surface area (Å²) < 4.78 is 0. The van der Waals surface area contributed by atoms with Crippen molar-refractivity contribution in [2.45, 2.75) is 6.54 Å². The fourth-order valence-electron chi connectivity index (χ4n) is 1.65. The molecular formula is C13H12Cl2N2O. The summed E-state index contributed by atoms with van der Waals surface area (Å²) in [5, 5.41) is 1.17. The zero-order valence-electron chi connectivity index (χ0n) is 9.78. The molecule has 5 heteroatoms. The third-order valence-corrected chi connectivity index (χ3v) is 3.18. The predicted octanol–water partition coefficient (Wildman–Crippen LogP) is 3.59. The first kappa shape index (κ1) is 13.0. The molecule has 0 bridgehead atoms. The van der Waals surface area contributed by atoms with Crippen molar-refractivity contribution in [1.29, 1.82) is 0 Å². The molecule has 1 amide bonds. The molecule has 0 fully saturated rings. The van der Waals surface area contributed by atoms with E-state index in [1.165, 1.54) is 0 Å². The summed E-state index contributed by atoms with van der Waals surface area (Å²) >= 11 is 11.8. The van der Waals surface area contributed by atoms with Crippen molar-refractivity contribution in [3.05, 3.63) is 57.8 Å². The summed E-state index contributed by atoms with van der Waals surface area (Å²) in [6.45, 7) is 0.454. The lowest BCUT2D eigenvalue weighted by molar-refractivity contribution is 0.0780. The number of benzene rings is 1. The summed E-state index contributed by atoms with van der Waals surface area (Å²) in [5.74, 6) is -0.123. The van der Waals surface area contributed by atoms with E-state index in [-0.39, 0.29) is 5.91 Å². The third kappa shape index (κ3) is 2.86. The summed E-state index contributed by atoms with van der Waals surface area (Å²) in [6, 6.07) is 9.06. The average molecular weight is 283 g/mol. The van der Waals surface area contributed by atoms with E-state index in [1.54, 1.807) is 30.3 Å². The Bertz CT molecular complexity index is 566. The second kappa shape index (κ2) is 5.46. The van der Waals surface area contributed by atoms with E-state index in [0.717, 1.165) is 5.56 Å². The summed E-state index contributed by atoms with van der Waals surface area (Å²) in [4.78, 5) is 16.5.